The Balaban J connectivity index is 1.52. The van der Waals surface area contributed by atoms with E-state index in [2.05, 4.69) is 20.9 Å². The van der Waals surface area contributed by atoms with E-state index in [9.17, 15) is 9.59 Å². The lowest BCUT2D eigenvalue weighted by molar-refractivity contribution is -0.139. The number of thiazole rings is 1. The number of ether oxygens (including phenoxy) is 3. The fourth-order valence-electron chi connectivity index (χ4n) is 4.59. The van der Waals surface area contributed by atoms with Crippen molar-refractivity contribution in [1.82, 2.24) is 4.57 Å². The van der Waals surface area contributed by atoms with E-state index in [4.69, 9.17) is 37.4 Å². The molecule has 0 radical (unpaired) electrons. The molecule has 1 atom stereocenters. The number of carbonyl (C=O) groups is 1. The number of methoxy groups -OCH3 is 1. The number of aromatic nitrogens is 1. The fraction of sp³-hybridized carbons (Fsp3) is 0.194. The molecule has 0 N–H and O–H groups in total. The smallest absolute Gasteiger partial charge is 0.338 e. The van der Waals surface area contributed by atoms with Gasteiger partial charge in [-0.2, -0.15) is 0 Å². The molecule has 11 heteroatoms. The Morgan fingerprint density at radius 2 is 1.83 bits per heavy atom. The summed E-state index contributed by atoms with van der Waals surface area (Å²) in [5.74, 6) is 0.541. The highest BCUT2D eigenvalue weighted by molar-refractivity contribution is 9.10. The van der Waals surface area contributed by atoms with E-state index in [1.807, 2.05) is 36.4 Å². The molecule has 0 spiro atoms. The summed E-state index contributed by atoms with van der Waals surface area (Å²) in [7, 11) is 1.55. The van der Waals surface area contributed by atoms with Crippen LogP contribution < -0.4 is 24.4 Å². The van der Waals surface area contributed by atoms with E-state index < -0.39 is 12.0 Å². The summed E-state index contributed by atoms with van der Waals surface area (Å²) < 4.78 is 19.8. The summed E-state index contributed by atoms with van der Waals surface area (Å²) in [4.78, 5) is 32.0. The summed E-state index contributed by atoms with van der Waals surface area (Å²) in [6, 6.07) is 17.6. The number of nitrogens with zero attached hydrogens (tertiary/aromatic N) is 2. The molecule has 4 aromatic rings. The van der Waals surface area contributed by atoms with Crippen molar-refractivity contribution < 1.29 is 19.0 Å². The van der Waals surface area contributed by atoms with Crippen molar-refractivity contribution in [1.29, 1.82) is 0 Å². The predicted octanol–water partition coefficient (Wildman–Crippen LogP) is 6.46. The lowest BCUT2D eigenvalue weighted by Crippen LogP contribution is -2.39. The molecule has 0 amide bonds. The van der Waals surface area contributed by atoms with Crippen LogP contribution in [0.2, 0.25) is 10.0 Å². The molecule has 0 saturated heterocycles. The maximum Gasteiger partial charge on any atom is 0.338 e. The van der Waals surface area contributed by atoms with E-state index in [0.717, 1.165) is 21.2 Å². The summed E-state index contributed by atoms with van der Waals surface area (Å²) in [6.45, 7) is 3.98. The maximum absolute atomic E-state index is 13.9. The van der Waals surface area contributed by atoms with Gasteiger partial charge in [0.2, 0.25) is 0 Å². The van der Waals surface area contributed by atoms with E-state index in [-0.39, 0.29) is 18.8 Å². The molecule has 0 fully saturated rings. The van der Waals surface area contributed by atoms with E-state index in [1.165, 1.54) is 11.3 Å². The van der Waals surface area contributed by atoms with Crippen LogP contribution >= 0.6 is 50.5 Å². The zero-order chi connectivity index (χ0) is 30.0. The van der Waals surface area contributed by atoms with Gasteiger partial charge in [0, 0.05) is 4.47 Å². The van der Waals surface area contributed by atoms with Crippen LogP contribution in [0.15, 0.2) is 86.2 Å². The maximum atomic E-state index is 13.9. The number of carbonyl (C=O) groups excluding carboxylic acids is 1. The number of halogens is 3. The van der Waals surface area contributed by atoms with Gasteiger partial charge in [0.05, 0.1) is 45.6 Å². The molecule has 0 saturated carbocycles. The first-order valence-corrected chi connectivity index (χ1v) is 15.3. The molecule has 0 unspecified atom stereocenters. The van der Waals surface area contributed by atoms with E-state index in [1.54, 1.807) is 55.9 Å². The number of hydrogen-bond acceptors (Lipinski definition) is 7. The van der Waals surface area contributed by atoms with Crippen LogP contribution in [0.3, 0.4) is 0 Å². The van der Waals surface area contributed by atoms with Crippen molar-refractivity contribution in [2.45, 2.75) is 26.5 Å². The first-order valence-electron chi connectivity index (χ1n) is 12.9. The van der Waals surface area contributed by atoms with E-state index >= 15 is 0 Å². The summed E-state index contributed by atoms with van der Waals surface area (Å²) in [5, 5.41) is 0.927. The summed E-state index contributed by atoms with van der Waals surface area (Å²) in [6.07, 6.45) is 1.77. The Hall–Kier alpha value is -3.37. The van der Waals surface area contributed by atoms with Gasteiger partial charge >= 0.3 is 5.97 Å². The first-order chi connectivity index (χ1) is 20.2. The van der Waals surface area contributed by atoms with Crippen molar-refractivity contribution in [2.24, 2.45) is 4.99 Å². The van der Waals surface area contributed by atoms with Crippen LogP contribution in [0.1, 0.15) is 36.6 Å². The van der Waals surface area contributed by atoms with Gasteiger partial charge in [0.25, 0.3) is 5.56 Å². The summed E-state index contributed by atoms with van der Waals surface area (Å²) >= 11 is 16.8. The third-order valence-corrected chi connectivity index (χ3v) is 8.82. The molecule has 1 aliphatic rings. The van der Waals surface area contributed by atoms with Crippen LogP contribution in [-0.4, -0.2) is 24.3 Å². The molecule has 0 bridgehead atoms. The second-order valence-corrected chi connectivity index (χ2v) is 12.0. The van der Waals surface area contributed by atoms with Crippen LogP contribution in [0, 0.1) is 0 Å². The van der Waals surface area contributed by atoms with Crippen LogP contribution in [0.4, 0.5) is 0 Å². The molecule has 1 aliphatic heterocycles. The fourth-order valence-corrected chi connectivity index (χ4v) is 6.22. The van der Waals surface area contributed by atoms with Crippen molar-refractivity contribution >= 4 is 62.5 Å². The van der Waals surface area contributed by atoms with Gasteiger partial charge in [-0.1, -0.05) is 74.7 Å². The molecule has 3 aromatic carbocycles. The quantitative estimate of drug-likeness (QED) is 0.199. The molecular weight excluding hydrogens is 663 g/mol. The molecular formula is C31H25BrCl2N2O5S. The van der Waals surface area contributed by atoms with Crippen molar-refractivity contribution in [3.63, 3.8) is 0 Å². The minimum absolute atomic E-state index is 0.210. The Labute approximate surface area is 264 Å². The average molecular weight is 688 g/mol. The van der Waals surface area contributed by atoms with Gasteiger partial charge < -0.3 is 14.2 Å². The zero-order valence-electron chi connectivity index (χ0n) is 22.8. The zero-order valence-corrected chi connectivity index (χ0v) is 26.7. The normalized spacial score (nSPS) is 14.8. The standard InChI is InChI=1S/C31H25BrCl2N2O5S/c1-4-40-30(38)27-17(2)35-31-36(28(27)20-7-9-21(32)10-8-20)29(37)26(42-31)15-18-6-12-24(25(14-18)39-3)41-16-19-5-11-22(33)23(34)13-19/h5-15,28H,4,16H2,1-3H3/b26-15-/t28-/m1/s1. The molecule has 2 heterocycles. The van der Waals surface area contributed by atoms with Gasteiger partial charge in [-0.3, -0.25) is 9.36 Å². The average Bonchev–Trinajstić information content (AvgIpc) is 3.27. The molecule has 42 heavy (non-hydrogen) atoms. The molecule has 7 nitrogen and oxygen atoms in total. The van der Waals surface area contributed by atoms with E-state index in [0.29, 0.717) is 42.1 Å². The third-order valence-electron chi connectivity index (χ3n) is 6.57. The third kappa shape index (κ3) is 6.20. The highest BCUT2D eigenvalue weighted by atomic mass is 79.9. The number of allylic oxidation sites excluding steroid dienone is 1. The lowest BCUT2D eigenvalue weighted by atomic mass is 9.96. The monoisotopic (exact) mass is 686 g/mol. The predicted molar refractivity (Wildman–Crippen MR) is 168 cm³/mol. The highest BCUT2D eigenvalue weighted by Crippen LogP contribution is 2.32. The number of rotatable bonds is 8. The number of benzene rings is 3. The molecule has 216 valence electrons. The Bertz CT molecular complexity index is 1880. The van der Waals surface area contributed by atoms with Crippen LogP contribution in [0.25, 0.3) is 6.08 Å². The van der Waals surface area contributed by atoms with Gasteiger partial charge in [0.1, 0.15) is 6.61 Å². The van der Waals surface area contributed by atoms with Gasteiger partial charge in [-0.15, -0.1) is 0 Å². The highest BCUT2D eigenvalue weighted by Gasteiger charge is 2.33. The second-order valence-electron chi connectivity index (χ2n) is 9.30. The minimum Gasteiger partial charge on any atom is -0.493 e. The first kappa shape index (κ1) is 30.1. The van der Waals surface area contributed by atoms with Crippen molar-refractivity contribution in [3.8, 4) is 11.5 Å². The molecule has 1 aromatic heterocycles. The SMILES string of the molecule is CCOC(=O)C1=C(C)N=c2s/c(=C\c3ccc(OCc4ccc(Cl)c(Cl)c4)c(OC)c3)c(=O)n2[C@@H]1c1ccc(Br)cc1. The number of fused-ring (bicyclic) bond motifs is 1. The Kier molecular flexibility index (Phi) is 9.22. The van der Waals surface area contributed by atoms with Crippen LogP contribution in [-0.2, 0) is 16.1 Å². The van der Waals surface area contributed by atoms with Gasteiger partial charge in [-0.05, 0) is 73.0 Å². The minimum atomic E-state index is -0.678. The molecule has 5 rings (SSSR count). The van der Waals surface area contributed by atoms with Crippen molar-refractivity contribution in [3.05, 3.63) is 123 Å². The second kappa shape index (κ2) is 12.9. The Morgan fingerprint density at radius 1 is 1.07 bits per heavy atom. The molecule has 0 aliphatic carbocycles. The number of hydrogen-bond donors (Lipinski definition) is 0. The lowest BCUT2D eigenvalue weighted by Gasteiger charge is -2.24. The van der Waals surface area contributed by atoms with Gasteiger partial charge in [-0.25, -0.2) is 9.79 Å². The van der Waals surface area contributed by atoms with Crippen LogP contribution in [0.5, 0.6) is 11.5 Å². The van der Waals surface area contributed by atoms with Gasteiger partial charge in [0.15, 0.2) is 16.3 Å². The summed E-state index contributed by atoms with van der Waals surface area (Å²) in [5.41, 5.74) is 2.95. The number of esters is 1. The topological polar surface area (TPSA) is 79.1 Å². The largest absolute Gasteiger partial charge is 0.493 e. The van der Waals surface area contributed by atoms with Crippen molar-refractivity contribution in [2.75, 3.05) is 13.7 Å². The Morgan fingerprint density at radius 3 is 2.52 bits per heavy atom.